The van der Waals surface area contributed by atoms with Crippen LogP contribution in [0.1, 0.15) is 42.7 Å². The lowest BCUT2D eigenvalue weighted by molar-refractivity contribution is -0.131. The van der Waals surface area contributed by atoms with Gasteiger partial charge in [-0.1, -0.05) is 44.2 Å². The van der Waals surface area contributed by atoms with Gasteiger partial charge in [-0.2, -0.15) is 0 Å². The van der Waals surface area contributed by atoms with Crippen LogP contribution in [0.25, 0.3) is 32.0 Å². The zero-order valence-electron chi connectivity index (χ0n) is 17.2. The molecule has 0 saturated carbocycles. The van der Waals surface area contributed by atoms with Crippen LogP contribution in [0, 0.1) is 13.8 Å². The highest BCUT2D eigenvalue weighted by atomic mass is 79.9. The second kappa shape index (κ2) is 7.58. The Morgan fingerprint density at radius 1 is 1.07 bits per heavy atom. The second-order valence-corrected chi connectivity index (χ2v) is 9.74. The first-order chi connectivity index (χ1) is 13.8. The molecule has 1 aromatic heterocycles. The van der Waals surface area contributed by atoms with E-state index in [9.17, 15) is 4.79 Å². The highest BCUT2D eigenvalue weighted by Gasteiger charge is 2.20. The van der Waals surface area contributed by atoms with Gasteiger partial charge in [0.05, 0.1) is 4.70 Å². The lowest BCUT2D eigenvalue weighted by Gasteiger charge is -2.17. The lowest BCUT2D eigenvalue weighted by Crippen LogP contribution is -2.05. The van der Waals surface area contributed by atoms with Crippen LogP contribution in [-0.4, -0.2) is 5.97 Å². The van der Waals surface area contributed by atoms with Crippen molar-refractivity contribution in [3.63, 3.8) is 0 Å². The van der Waals surface area contributed by atoms with Gasteiger partial charge in [0, 0.05) is 21.7 Å². The highest BCUT2D eigenvalue weighted by molar-refractivity contribution is 9.11. The van der Waals surface area contributed by atoms with Crippen LogP contribution >= 0.6 is 27.3 Å². The quantitative estimate of drug-likeness (QED) is 0.225. The molecule has 148 valence electrons. The van der Waals surface area contributed by atoms with Crippen molar-refractivity contribution in [3.05, 3.63) is 62.9 Å². The number of hydrogen-bond donors (Lipinski definition) is 0. The molecule has 0 N–H and O–H groups in total. The average Bonchev–Trinajstić information content (AvgIpc) is 2.98. The van der Waals surface area contributed by atoms with Gasteiger partial charge in [-0.25, -0.2) is 0 Å². The molecule has 0 atom stereocenters. The fourth-order valence-corrected chi connectivity index (χ4v) is 5.84. The SMILES string of the molecule is CC(=O)Oc1ccc(-c2c3ccccc3c(Br)c3sc(C)c(C)c23)cc1C(C)C. The van der Waals surface area contributed by atoms with Gasteiger partial charge in [-0.15, -0.1) is 11.3 Å². The number of ether oxygens (including phenoxy) is 1. The van der Waals surface area contributed by atoms with Crippen molar-refractivity contribution in [1.82, 2.24) is 0 Å². The van der Waals surface area contributed by atoms with Gasteiger partial charge in [-0.3, -0.25) is 4.79 Å². The van der Waals surface area contributed by atoms with Gasteiger partial charge in [0.1, 0.15) is 5.75 Å². The fraction of sp³-hybridized carbons (Fsp3) is 0.240. The summed E-state index contributed by atoms with van der Waals surface area (Å²) in [7, 11) is 0. The van der Waals surface area contributed by atoms with E-state index < -0.39 is 0 Å². The van der Waals surface area contributed by atoms with Gasteiger partial charge in [0.15, 0.2) is 0 Å². The molecule has 0 bridgehead atoms. The van der Waals surface area contributed by atoms with Gasteiger partial charge < -0.3 is 4.74 Å². The Labute approximate surface area is 183 Å². The van der Waals surface area contributed by atoms with E-state index in [2.05, 4.69) is 80.0 Å². The monoisotopic (exact) mass is 466 g/mol. The summed E-state index contributed by atoms with van der Waals surface area (Å²) in [5.74, 6) is 0.597. The van der Waals surface area contributed by atoms with Crippen LogP contribution < -0.4 is 4.74 Å². The molecule has 0 unspecified atom stereocenters. The van der Waals surface area contributed by atoms with E-state index >= 15 is 0 Å². The Hall–Kier alpha value is -2.17. The van der Waals surface area contributed by atoms with Gasteiger partial charge in [0.2, 0.25) is 0 Å². The third-order valence-electron chi connectivity index (χ3n) is 5.44. The molecule has 0 amide bonds. The van der Waals surface area contributed by atoms with E-state index in [1.165, 1.54) is 43.8 Å². The summed E-state index contributed by atoms with van der Waals surface area (Å²) in [6.07, 6.45) is 0. The molecule has 0 saturated heterocycles. The molecule has 0 fully saturated rings. The van der Waals surface area contributed by atoms with E-state index in [1.807, 2.05) is 17.4 Å². The summed E-state index contributed by atoms with van der Waals surface area (Å²) >= 11 is 5.70. The van der Waals surface area contributed by atoms with Crippen molar-refractivity contribution in [3.8, 4) is 16.9 Å². The highest BCUT2D eigenvalue weighted by Crippen LogP contribution is 2.47. The number of rotatable bonds is 3. The van der Waals surface area contributed by atoms with Crippen LogP contribution in [0.4, 0.5) is 0 Å². The van der Waals surface area contributed by atoms with E-state index in [0.29, 0.717) is 5.75 Å². The summed E-state index contributed by atoms with van der Waals surface area (Å²) in [5.41, 5.74) is 4.76. The van der Waals surface area contributed by atoms with Crippen molar-refractivity contribution in [2.24, 2.45) is 0 Å². The molecule has 1 heterocycles. The number of benzene rings is 3. The Bertz CT molecular complexity index is 1270. The molecular formula is C25H23BrO2S. The van der Waals surface area contributed by atoms with Gasteiger partial charge in [0.25, 0.3) is 0 Å². The molecule has 4 rings (SSSR count). The maximum Gasteiger partial charge on any atom is 0.308 e. The van der Waals surface area contributed by atoms with Gasteiger partial charge in [-0.05, 0) is 80.9 Å². The van der Waals surface area contributed by atoms with E-state index in [-0.39, 0.29) is 11.9 Å². The van der Waals surface area contributed by atoms with E-state index in [1.54, 1.807) is 0 Å². The van der Waals surface area contributed by atoms with E-state index in [4.69, 9.17) is 4.74 Å². The second-order valence-electron chi connectivity index (χ2n) is 7.72. The third-order valence-corrected chi connectivity index (χ3v) is 7.75. The van der Waals surface area contributed by atoms with Crippen LogP contribution in [-0.2, 0) is 4.79 Å². The first-order valence-corrected chi connectivity index (χ1v) is 11.3. The Morgan fingerprint density at radius 3 is 2.41 bits per heavy atom. The zero-order chi connectivity index (χ0) is 20.9. The first-order valence-electron chi connectivity index (χ1n) is 9.72. The number of fused-ring (bicyclic) bond motifs is 2. The van der Waals surface area contributed by atoms with Crippen molar-refractivity contribution in [2.45, 2.75) is 40.5 Å². The normalized spacial score (nSPS) is 11.6. The predicted molar refractivity (Wildman–Crippen MR) is 127 cm³/mol. The number of halogens is 1. The standard InChI is InChI=1S/C25H23BrO2S/c1-13(2)20-12-17(10-11-21(20)28-16(5)27)23-18-8-6-7-9-19(18)24(26)25-22(23)14(3)15(4)29-25/h6-13H,1-5H3. The van der Waals surface area contributed by atoms with Gasteiger partial charge >= 0.3 is 5.97 Å². The molecule has 3 aromatic carbocycles. The number of esters is 1. The van der Waals surface area contributed by atoms with Crippen LogP contribution in [0.15, 0.2) is 46.9 Å². The summed E-state index contributed by atoms with van der Waals surface area (Å²) in [5, 5.41) is 3.74. The minimum atomic E-state index is -0.291. The smallest absolute Gasteiger partial charge is 0.308 e. The average molecular weight is 467 g/mol. The number of aryl methyl sites for hydroxylation is 2. The largest absolute Gasteiger partial charge is 0.426 e. The summed E-state index contributed by atoms with van der Waals surface area (Å²) in [6.45, 7) is 10.1. The molecule has 0 aliphatic heterocycles. The van der Waals surface area contributed by atoms with Crippen LogP contribution in [0.5, 0.6) is 5.75 Å². The molecule has 0 spiro atoms. The molecule has 2 nitrogen and oxygen atoms in total. The molecule has 4 aromatic rings. The Kier molecular flexibility index (Phi) is 5.26. The Morgan fingerprint density at radius 2 is 1.76 bits per heavy atom. The topological polar surface area (TPSA) is 26.3 Å². The number of hydrogen-bond acceptors (Lipinski definition) is 3. The zero-order valence-corrected chi connectivity index (χ0v) is 19.6. The van der Waals surface area contributed by atoms with Crippen LogP contribution in [0.2, 0.25) is 0 Å². The van der Waals surface area contributed by atoms with Crippen molar-refractivity contribution < 1.29 is 9.53 Å². The predicted octanol–water partition coefficient (Wildman–Crippen LogP) is 8.15. The Balaban J connectivity index is 2.11. The maximum absolute atomic E-state index is 11.6. The maximum atomic E-state index is 11.6. The van der Waals surface area contributed by atoms with Crippen molar-refractivity contribution in [2.75, 3.05) is 0 Å². The first kappa shape index (κ1) is 20.1. The fourth-order valence-electron chi connectivity index (χ4n) is 3.93. The molecule has 0 aliphatic rings. The third kappa shape index (κ3) is 3.38. The van der Waals surface area contributed by atoms with Crippen molar-refractivity contribution in [1.29, 1.82) is 0 Å². The molecule has 0 radical (unpaired) electrons. The van der Waals surface area contributed by atoms with Crippen LogP contribution in [0.3, 0.4) is 0 Å². The molecule has 0 aliphatic carbocycles. The molecular weight excluding hydrogens is 444 g/mol. The van der Waals surface area contributed by atoms with E-state index in [0.717, 1.165) is 15.6 Å². The van der Waals surface area contributed by atoms with Crippen molar-refractivity contribution >= 4 is 54.1 Å². The lowest BCUT2D eigenvalue weighted by atomic mass is 9.90. The number of carbonyl (C=O) groups is 1. The molecule has 29 heavy (non-hydrogen) atoms. The number of carbonyl (C=O) groups excluding carboxylic acids is 1. The summed E-state index contributed by atoms with van der Waals surface area (Å²) in [6, 6.07) is 14.7. The minimum absolute atomic E-state index is 0.242. The number of thiophene rings is 1. The minimum Gasteiger partial charge on any atom is -0.426 e. The summed E-state index contributed by atoms with van der Waals surface area (Å²) < 4.78 is 7.92. The summed E-state index contributed by atoms with van der Waals surface area (Å²) in [4.78, 5) is 12.9. The molecule has 4 heteroatoms.